The highest BCUT2D eigenvalue weighted by Crippen LogP contribution is 2.22. The number of esters is 1. The predicted molar refractivity (Wildman–Crippen MR) is 105 cm³/mol. The van der Waals surface area contributed by atoms with Gasteiger partial charge in [-0.15, -0.1) is 0 Å². The molecule has 1 fully saturated rings. The molecule has 0 saturated carbocycles. The Kier molecular flexibility index (Phi) is 6.22. The minimum Gasteiger partial charge on any atom is -0.459 e. The number of benzene rings is 1. The largest absolute Gasteiger partial charge is 0.459 e. The Morgan fingerprint density at radius 1 is 1.30 bits per heavy atom. The molecule has 10 nitrogen and oxygen atoms in total. The van der Waals surface area contributed by atoms with E-state index in [1.807, 2.05) is 0 Å². The summed E-state index contributed by atoms with van der Waals surface area (Å²) in [5.74, 6) is -1.65. The van der Waals surface area contributed by atoms with E-state index >= 15 is 0 Å². The van der Waals surface area contributed by atoms with E-state index in [1.54, 1.807) is 13.0 Å². The van der Waals surface area contributed by atoms with Crippen molar-refractivity contribution in [3.63, 3.8) is 0 Å². The Balaban J connectivity index is 1.58. The first-order valence-electron chi connectivity index (χ1n) is 9.11. The highest BCUT2D eigenvalue weighted by atomic mass is 32.2. The number of anilines is 1. The van der Waals surface area contributed by atoms with Crippen molar-refractivity contribution in [2.45, 2.75) is 30.7 Å². The fourth-order valence-corrected chi connectivity index (χ4v) is 4.02. The van der Waals surface area contributed by atoms with Crippen LogP contribution in [0.25, 0.3) is 0 Å². The standard InChI is InChI=1S/C19H21N3O7S/c1-12-6-7-13(10-16(12)30(20,26)27)21-17(23)11-29-19(25)14-4-2-8-22(14)18(24)15-5-3-9-28-15/h3,5-7,9-10,14H,2,4,8,11H2,1H3,(H,21,23)(H2,20,26,27)/t14-/m0/s1. The molecule has 2 aromatic rings. The van der Waals surface area contributed by atoms with Gasteiger partial charge in [-0.05, 0) is 49.6 Å². The number of hydrogen-bond acceptors (Lipinski definition) is 7. The number of rotatable bonds is 6. The molecule has 0 aliphatic carbocycles. The number of primary sulfonamides is 1. The molecule has 0 spiro atoms. The molecule has 30 heavy (non-hydrogen) atoms. The molecule has 1 aromatic heterocycles. The monoisotopic (exact) mass is 435 g/mol. The van der Waals surface area contributed by atoms with E-state index in [1.165, 1.54) is 35.4 Å². The number of nitrogens with zero attached hydrogens (tertiary/aromatic N) is 1. The molecule has 1 aromatic carbocycles. The van der Waals surface area contributed by atoms with E-state index in [2.05, 4.69) is 5.32 Å². The zero-order chi connectivity index (χ0) is 21.9. The van der Waals surface area contributed by atoms with Crippen LogP contribution in [0.3, 0.4) is 0 Å². The number of carbonyl (C=O) groups excluding carboxylic acids is 3. The summed E-state index contributed by atoms with van der Waals surface area (Å²) in [6.45, 7) is 1.37. The third kappa shape index (κ3) is 4.86. The lowest BCUT2D eigenvalue weighted by Gasteiger charge is -2.22. The van der Waals surface area contributed by atoms with Gasteiger partial charge in [0, 0.05) is 12.2 Å². The predicted octanol–water partition coefficient (Wildman–Crippen LogP) is 1.02. The zero-order valence-electron chi connectivity index (χ0n) is 16.2. The average Bonchev–Trinajstić information content (AvgIpc) is 3.38. The first kappa shape index (κ1) is 21.5. The number of ether oxygens (including phenoxy) is 1. The van der Waals surface area contributed by atoms with Crippen LogP contribution < -0.4 is 10.5 Å². The highest BCUT2D eigenvalue weighted by Gasteiger charge is 2.36. The maximum atomic E-state index is 12.4. The van der Waals surface area contributed by atoms with Gasteiger partial charge < -0.3 is 19.4 Å². The molecular formula is C19H21N3O7S. The van der Waals surface area contributed by atoms with Crippen molar-refractivity contribution >= 4 is 33.5 Å². The highest BCUT2D eigenvalue weighted by molar-refractivity contribution is 7.89. The van der Waals surface area contributed by atoms with Gasteiger partial charge in [0.2, 0.25) is 10.0 Å². The first-order valence-corrected chi connectivity index (χ1v) is 10.7. The van der Waals surface area contributed by atoms with Crippen molar-refractivity contribution in [1.29, 1.82) is 0 Å². The third-order valence-corrected chi connectivity index (χ3v) is 5.69. The molecule has 0 unspecified atom stereocenters. The van der Waals surface area contributed by atoms with Gasteiger partial charge in [0.25, 0.3) is 11.8 Å². The summed E-state index contributed by atoms with van der Waals surface area (Å²) in [6, 6.07) is 6.51. The Morgan fingerprint density at radius 2 is 2.07 bits per heavy atom. The van der Waals surface area contributed by atoms with Gasteiger partial charge in [0.15, 0.2) is 12.4 Å². The second-order valence-electron chi connectivity index (χ2n) is 6.82. The van der Waals surface area contributed by atoms with Gasteiger partial charge in [0.05, 0.1) is 11.2 Å². The SMILES string of the molecule is Cc1ccc(NC(=O)COC(=O)[C@@H]2CCCN2C(=O)c2ccco2)cc1S(N)(=O)=O. The minimum absolute atomic E-state index is 0.115. The molecule has 3 N–H and O–H groups in total. The van der Waals surface area contributed by atoms with Gasteiger partial charge in [0.1, 0.15) is 6.04 Å². The fraction of sp³-hybridized carbons (Fsp3) is 0.316. The first-order chi connectivity index (χ1) is 14.2. The molecule has 3 rings (SSSR count). The van der Waals surface area contributed by atoms with Gasteiger partial charge in [-0.3, -0.25) is 9.59 Å². The van der Waals surface area contributed by atoms with E-state index in [-0.39, 0.29) is 16.3 Å². The molecule has 1 atom stereocenters. The Bertz CT molecular complexity index is 1060. The van der Waals surface area contributed by atoms with Crippen molar-refractivity contribution in [3.8, 4) is 0 Å². The van der Waals surface area contributed by atoms with Crippen LogP contribution in [0.2, 0.25) is 0 Å². The quantitative estimate of drug-likeness (QED) is 0.643. The summed E-state index contributed by atoms with van der Waals surface area (Å²) in [6.07, 6.45) is 2.41. The van der Waals surface area contributed by atoms with E-state index in [9.17, 15) is 22.8 Å². The second kappa shape index (κ2) is 8.67. The average molecular weight is 435 g/mol. The van der Waals surface area contributed by atoms with E-state index in [0.717, 1.165) is 0 Å². The number of nitrogens with one attached hydrogen (secondary N) is 1. The Hall–Kier alpha value is -3.18. The Labute approximate surface area is 173 Å². The molecule has 1 aliphatic heterocycles. The van der Waals surface area contributed by atoms with E-state index < -0.39 is 40.5 Å². The molecule has 2 heterocycles. The van der Waals surface area contributed by atoms with Crippen molar-refractivity contribution in [3.05, 3.63) is 47.9 Å². The molecule has 0 radical (unpaired) electrons. The van der Waals surface area contributed by atoms with Crippen molar-refractivity contribution in [2.24, 2.45) is 5.14 Å². The second-order valence-corrected chi connectivity index (χ2v) is 8.34. The Morgan fingerprint density at radius 3 is 2.73 bits per heavy atom. The molecule has 0 bridgehead atoms. The third-order valence-electron chi connectivity index (χ3n) is 4.64. The molecule has 1 saturated heterocycles. The normalized spacial score (nSPS) is 16.3. The summed E-state index contributed by atoms with van der Waals surface area (Å²) < 4.78 is 33.3. The number of nitrogens with two attached hydrogens (primary N) is 1. The lowest BCUT2D eigenvalue weighted by atomic mass is 10.2. The number of carbonyl (C=O) groups is 3. The van der Waals surface area contributed by atoms with Gasteiger partial charge in [-0.2, -0.15) is 0 Å². The number of furan rings is 1. The summed E-state index contributed by atoms with van der Waals surface area (Å²) in [5, 5.41) is 7.60. The van der Waals surface area contributed by atoms with Gasteiger partial charge >= 0.3 is 5.97 Å². The molecule has 11 heteroatoms. The molecular weight excluding hydrogens is 414 g/mol. The van der Waals surface area contributed by atoms with Crippen LogP contribution in [0.4, 0.5) is 5.69 Å². The number of hydrogen-bond donors (Lipinski definition) is 2. The van der Waals surface area contributed by atoms with Crippen molar-refractivity contribution in [1.82, 2.24) is 4.90 Å². The van der Waals surface area contributed by atoms with Crippen molar-refractivity contribution < 1.29 is 32.0 Å². The van der Waals surface area contributed by atoms with Crippen LogP contribution >= 0.6 is 0 Å². The van der Waals surface area contributed by atoms with Crippen LogP contribution in [0.5, 0.6) is 0 Å². The van der Waals surface area contributed by atoms with Gasteiger partial charge in [-0.25, -0.2) is 18.4 Å². The lowest BCUT2D eigenvalue weighted by molar-refractivity contribution is -0.151. The zero-order valence-corrected chi connectivity index (χ0v) is 17.0. The van der Waals surface area contributed by atoms with Crippen LogP contribution in [0, 0.1) is 6.92 Å². The maximum absolute atomic E-state index is 12.4. The summed E-state index contributed by atoms with van der Waals surface area (Å²) in [5.41, 5.74) is 0.630. The van der Waals surface area contributed by atoms with Crippen molar-refractivity contribution in [2.75, 3.05) is 18.5 Å². The summed E-state index contributed by atoms with van der Waals surface area (Å²) in [4.78, 5) is 38.2. The molecule has 160 valence electrons. The molecule has 2 amide bonds. The van der Waals surface area contributed by atoms with Crippen LogP contribution in [0.1, 0.15) is 29.0 Å². The minimum atomic E-state index is -3.94. The number of aryl methyl sites for hydroxylation is 1. The van der Waals surface area contributed by atoms with Crippen LogP contribution in [-0.2, 0) is 24.3 Å². The maximum Gasteiger partial charge on any atom is 0.329 e. The lowest BCUT2D eigenvalue weighted by Crippen LogP contribution is -2.42. The fourth-order valence-electron chi connectivity index (χ4n) is 3.21. The number of sulfonamides is 1. The summed E-state index contributed by atoms with van der Waals surface area (Å²) in [7, 11) is -3.94. The topological polar surface area (TPSA) is 149 Å². The van der Waals surface area contributed by atoms with E-state index in [0.29, 0.717) is 24.9 Å². The number of likely N-dealkylation sites (tertiary alicyclic amines) is 1. The van der Waals surface area contributed by atoms with Crippen LogP contribution in [-0.4, -0.2) is 50.3 Å². The van der Waals surface area contributed by atoms with Gasteiger partial charge in [-0.1, -0.05) is 6.07 Å². The van der Waals surface area contributed by atoms with Crippen LogP contribution in [0.15, 0.2) is 45.9 Å². The molecule has 1 aliphatic rings. The van der Waals surface area contributed by atoms with E-state index in [4.69, 9.17) is 14.3 Å². The number of amides is 2. The summed E-state index contributed by atoms with van der Waals surface area (Å²) >= 11 is 0. The smallest absolute Gasteiger partial charge is 0.329 e.